The second kappa shape index (κ2) is 4.36. The fourth-order valence-electron chi connectivity index (χ4n) is 1.34. The molecule has 2 nitrogen and oxygen atoms in total. The van der Waals surface area contributed by atoms with Crippen LogP contribution in [0.4, 0.5) is 0 Å². The lowest BCUT2D eigenvalue weighted by Gasteiger charge is -2.01. The van der Waals surface area contributed by atoms with E-state index in [1.807, 2.05) is 19.9 Å². The van der Waals surface area contributed by atoms with Crippen molar-refractivity contribution in [3.8, 4) is 0 Å². The normalized spacial score (nSPS) is 10.4. The maximum absolute atomic E-state index is 12.0. The third-order valence-corrected chi connectivity index (χ3v) is 3.60. The SMILES string of the molecule is Cc1ncc(C(=O)c2ccc(C)c(Cl)c2)s1. The summed E-state index contributed by atoms with van der Waals surface area (Å²) >= 11 is 7.38. The highest BCUT2D eigenvalue weighted by Gasteiger charge is 2.12. The highest BCUT2D eigenvalue weighted by atomic mass is 35.5. The van der Waals surface area contributed by atoms with Gasteiger partial charge in [0, 0.05) is 16.8 Å². The van der Waals surface area contributed by atoms with Gasteiger partial charge in [-0.25, -0.2) is 4.98 Å². The summed E-state index contributed by atoms with van der Waals surface area (Å²) in [5, 5.41) is 1.51. The number of hydrogen-bond donors (Lipinski definition) is 0. The quantitative estimate of drug-likeness (QED) is 0.763. The van der Waals surface area contributed by atoms with E-state index < -0.39 is 0 Å². The highest BCUT2D eigenvalue weighted by Crippen LogP contribution is 2.21. The molecular formula is C12H10ClNOS. The number of halogens is 1. The van der Waals surface area contributed by atoms with Crippen molar-refractivity contribution in [2.45, 2.75) is 13.8 Å². The summed E-state index contributed by atoms with van der Waals surface area (Å²) in [6.07, 6.45) is 1.61. The maximum Gasteiger partial charge on any atom is 0.204 e. The minimum atomic E-state index is -0.0208. The van der Waals surface area contributed by atoms with Gasteiger partial charge in [0.1, 0.15) is 0 Å². The molecule has 0 saturated heterocycles. The van der Waals surface area contributed by atoms with Crippen LogP contribution in [-0.2, 0) is 0 Å². The Morgan fingerprint density at radius 2 is 2.12 bits per heavy atom. The van der Waals surface area contributed by atoms with Crippen LogP contribution in [0, 0.1) is 13.8 Å². The molecule has 16 heavy (non-hydrogen) atoms. The number of aromatic nitrogens is 1. The number of ketones is 1. The number of hydrogen-bond acceptors (Lipinski definition) is 3. The van der Waals surface area contributed by atoms with E-state index in [-0.39, 0.29) is 5.78 Å². The van der Waals surface area contributed by atoms with Crippen LogP contribution in [0.2, 0.25) is 5.02 Å². The van der Waals surface area contributed by atoms with E-state index in [2.05, 4.69) is 4.98 Å². The third kappa shape index (κ3) is 2.15. The molecule has 0 unspecified atom stereocenters. The summed E-state index contributed by atoms with van der Waals surface area (Å²) in [6, 6.07) is 5.34. The molecule has 82 valence electrons. The van der Waals surface area contributed by atoms with E-state index in [4.69, 9.17) is 11.6 Å². The van der Waals surface area contributed by atoms with Gasteiger partial charge in [-0.2, -0.15) is 0 Å². The van der Waals surface area contributed by atoms with Gasteiger partial charge in [0.25, 0.3) is 0 Å². The Kier molecular flexibility index (Phi) is 3.08. The number of benzene rings is 1. The highest BCUT2D eigenvalue weighted by molar-refractivity contribution is 7.13. The van der Waals surface area contributed by atoms with Crippen molar-refractivity contribution in [3.63, 3.8) is 0 Å². The minimum Gasteiger partial charge on any atom is -0.288 e. The summed E-state index contributed by atoms with van der Waals surface area (Å²) in [5.74, 6) is -0.0208. The van der Waals surface area contributed by atoms with E-state index >= 15 is 0 Å². The first-order chi connectivity index (χ1) is 7.58. The predicted octanol–water partition coefficient (Wildman–Crippen LogP) is 3.64. The van der Waals surface area contributed by atoms with E-state index in [1.54, 1.807) is 18.3 Å². The van der Waals surface area contributed by atoms with E-state index in [0.29, 0.717) is 15.5 Å². The average molecular weight is 252 g/mol. The second-order valence-corrected chi connectivity index (χ2v) is 5.18. The Bertz CT molecular complexity index is 548. The van der Waals surface area contributed by atoms with E-state index in [0.717, 1.165) is 10.6 Å². The van der Waals surface area contributed by atoms with Crippen molar-refractivity contribution in [2.24, 2.45) is 0 Å². The minimum absolute atomic E-state index is 0.0208. The summed E-state index contributed by atoms with van der Waals surface area (Å²) in [5.41, 5.74) is 1.58. The third-order valence-electron chi connectivity index (χ3n) is 2.28. The molecule has 1 heterocycles. The smallest absolute Gasteiger partial charge is 0.204 e. The molecule has 1 aromatic heterocycles. The first kappa shape index (κ1) is 11.3. The zero-order valence-corrected chi connectivity index (χ0v) is 10.5. The molecule has 0 atom stereocenters. The molecule has 0 saturated carbocycles. The van der Waals surface area contributed by atoms with Gasteiger partial charge in [0.15, 0.2) is 0 Å². The van der Waals surface area contributed by atoms with Crippen molar-refractivity contribution < 1.29 is 4.79 Å². The van der Waals surface area contributed by atoms with Gasteiger partial charge in [0.2, 0.25) is 5.78 Å². The van der Waals surface area contributed by atoms with Crippen LogP contribution in [0.25, 0.3) is 0 Å². The van der Waals surface area contributed by atoms with E-state index in [1.165, 1.54) is 11.3 Å². The van der Waals surface area contributed by atoms with Crippen molar-refractivity contribution in [3.05, 3.63) is 50.4 Å². The maximum atomic E-state index is 12.0. The van der Waals surface area contributed by atoms with Gasteiger partial charge in [-0.3, -0.25) is 4.79 Å². The largest absolute Gasteiger partial charge is 0.288 e. The van der Waals surface area contributed by atoms with Gasteiger partial charge in [-0.05, 0) is 25.5 Å². The molecule has 0 aliphatic heterocycles. The molecule has 0 aliphatic carbocycles. The van der Waals surface area contributed by atoms with Crippen LogP contribution in [-0.4, -0.2) is 10.8 Å². The molecular weight excluding hydrogens is 242 g/mol. The van der Waals surface area contributed by atoms with Crippen LogP contribution >= 0.6 is 22.9 Å². The molecule has 0 spiro atoms. The molecule has 0 amide bonds. The lowest BCUT2D eigenvalue weighted by molar-refractivity contribution is 0.104. The van der Waals surface area contributed by atoms with Crippen molar-refractivity contribution in [1.82, 2.24) is 4.98 Å². The van der Waals surface area contributed by atoms with Crippen LogP contribution < -0.4 is 0 Å². The Labute approximate surface area is 103 Å². The molecule has 4 heteroatoms. The van der Waals surface area contributed by atoms with Gasteiger partial charge in [0.05, 0.1) is 9.88 Å². The Hall–Kier alpha value is -1.19. The van der Waals surface area contributed by atoms with Gasteiger partial charge >= 0.3 is 0 Å². The zero-order valence-electron chi connectivity index (χ0n) is 8.95. The number of thiazole rings is 1. The first-order valence-corrected chi connectivity index (χ1v) is 6.00. The van der Waals surface area contributed by atoms with E-state index in [9.17, 15) is 4.79 Å². The summed E-state index contributed by atoms with van der Waals surface area (Å²) in [6.45, 7) is 3.79. The van der Waals surface area contributed by atoms with Gasteiger partial charge in [-0.1, -0.05) is 23.7 Å². The Balaban J connectivity index is 2.38. The standard InChI is InChI=1S/C12H10ClNOS/c1-7-3-4-9(5-10(7)13)12(15)11-6-14-8(2)16-11/h3-6H,1-2H3. The van der Waals surface area contributed by atoms with Crippen LogP contribution in [0.5, 0.6) is 0 Å². The molecule has 2 aromatic rings. The zero-order chi connectivity index (χ0) is 11.7. The fraction of sp³-hybridized carbons (Fsp3) is 0.167. The van der Waals surface area contributed by atoms with Crippen molar-refractivity contribution in [2.75, 3.05) is 0 Å². The topological polar surface area (TPSA) is 30.0 Å². The lowest BCUT2D eigenvalue weighted by Crippen LogP contribution is -1.98. The molecule has 0 bridgehead atoms. The molecule has 0 radical (unpaired) electrons. The number of rotatable bonds is 2. The van der Waals surface area contributed by atoms with Crippen LogP contribution in [0.1, 0.15) is 25.8 Å². The molecule has 0 aliphatic rings. The average Bonchev–Trinajstić information content (AvgIpc) is 2.68. The molecule has 1 aromatic carbocycles. The number of aryl methyl sites for hydroxylation is 2. The second-order valence-electron chi connectivity index (χ2n) is 3.54. The Morgan fingerprint density at radius 1 is 1.38 bits per heavy atom. The van der Waals surface area contributed by atoms with Crippen LogP contribution in [0.15, 0.2) is 24.4 Å². The van der Waals surface area contributed by atoms with Crippen LogP contribution in [0.3, 0.4) is 0 Å². The summed E-state index contributed by atoms with van der Waals surface area (Å²) < 4.78 is 0. The van der Waals surface area contributed by atoms with Crippen molar-refractivity contribution >= 4 is 28.7 Å². The summed E-state index contributed by atoms with van der Waals surface area (Å²) in [4.78, 5) is 16.8. The molecule has 0 N–H and O–H groups in total. The fourth-order valence-corrected chi connectivity index (χ4v) is 2.26. The molecule has 0 fully saturated rings. The number of carbonyl (C=O) groups excluding carboxylic acids is 1. The molecule has 2 rings (SSSR count). The predicted molar refractivity (Wildman–Crippen MR) is 66.5 cm³/mol. The number of nitrogens with zero attached hydrogens (tertiary/aromatic N) is 1. The summed E-state index contributed by atoms with van der Waals surface area (Å²) in [7, 11) is 0. The first-order valence-electron chi connectivity index (χ1n) is 4.81. The van der Waals surface area contributed by atoms with Gasteiger partial charge in [-0.15, -0.1) is 11.3 Å². The monoisotopic (exact) mass is 251 g/mol. The number of carbonyl (C=O) groups is 1. The Morgan fingerprint density at radius 3 is 2.69 bits per heavy atom. The van der Waals surface area contributed by atoms with Crippen molar-refractivity contribution in [1.29, 1.82) is 0 Å². The van der Waals surface area contributed by atoms with Gasteiger partial charge < -0.3 is 0 Å². The lowest BCUT2D eigenvalue weighted by atomic mass is 10.1.